The van der Waals surface area contributed by atoms with Gasteiger partial charge in [0.15, 0.2) is 5.65 Å². The molecule has 0 spiro atoms. The van der Waals surface area contributed by atoms with Crippen LogP contribution in [0, 0.1) is 0 Å². The number of benzene rings is 1. The first-order valence-corrected chi connectivity index (χ1v) is 9.54. The van der Waals surface area contributed by atoms with Gasteiger partial charge in [-0.25, -0.2) is 9.97 Å². The van der Waals surface area contributed by atoms with E-state index < -0.39 is 0 Å². The lowest BCUT2D eigenvalue weighted by Crippen LogP contribution is -2.32. The Hall–Kier alpha value is -2.73. The molecule has 2 aromatic heterocycles. The summed E-state index contributed by atoms with van der Waals surface area (Å²) in [6, 6.07) is 11.9. The third-order valence-corrected chi connectivity index (χ3v) is 4.91. The van der Waals surface area contributed by atoms with E-state index in [0.717, 1.165) is 54.1 Å². The highest BCUT2D eigenvalue weighted by Gasteiger charge is 2.16. The number of rotatable bonds is 6. The van der Waals surface area contributed by atoms with Gasteiger partial charge in [0.05, 0.1) is 12.5 Å². The average Bonchev–Trinajstić information content (AvgIpc) is 3.34. The molecule has 3 aromatic rings. The minimum absolute atomic E-state index is 0.0299. The van der Waals surface area contributed by atoms with Gasteiger partial charge in [0.25, 0.3) is 0 Å². The number of amides is 1. The maximum Gasteiger partial charge on any atom is 0.224 e. The number of nitrogens with one attached hydrogen (secondary N) is 1. The molecular formula is C21H24N4O2. The van der Waals surface area contributed by atoms with Crippen LogP contribution in [0.25, 0.3) is 16.9 Å². The normalized spacial score (nSPS) is 16.7. The Morgan fingerprint density at radius 1 is 1.30 bits per heavy atom. The zero-order valence-electron chi connectivity index (χ0n) is 15.5. The number of ether oxygens (including phenoxy) is 1. The van der Waals surface area contributed by atoms with E-state index in [1.165, 1.54) is 0 Å². The number of aromatic nitrogens is 3. The SMILES string of the molecule is CCc1nc2cccnc2n1-c1ccc(CC(=O)NCC2CCCO2)cc1. The van der Waals surface area contributed by atoms with Crippen molar-refractivity contribution in [2.75, 3.05) is 13.2 Å². The van der Waals surface area contributed by atoms with Crippen molar-refractivity contribution >= 4 is 17.1 Å². The molecule has 0 radical (unpaired) electrons. The zero-order valence-corrected chi connectivity index (χ0v) is 15.5. The molecule has 6 nitrogen and oxygen atoms in total. The first-order chi connectivity index (χ1) is 13.2. The predicted molar refractivity (Wildman–Crippen MR) is 104 cm³/mol. The Morgan fingerprint density at radius 3 is 2.89 bits per heavy atom. The maximum atomic E-state index is 12.2. The smallest absolute Gasteiger partial charge is 0.224 e. The van der Waals surface area contributed by atoms with Crippen molar-refractivity contribution in [3.8, 4) is 5.69 Å². The highest BCUT2D eigenvalue weighted by Crippen LogP contribution is 2.20. The fourth-order valence-electron chi connectivity index (χ4n) is 3.51. The molecule has 0 saturated carbocycles. The standard InChI is InChI=1S/C21H24N4O2/c1-2-19-24-18-6-3-11-22-21(18)25(19)16-9-7-15(8-10-16)13-20(26)23-14-17-5-4-12-27-17/h3,6-11,17H,2,4-5,12-14H2,1H3,(H,23,26). The number of carbonyl (C=O) groups excluding carboxylic acids is 1. The van der Waals surface area contributed by atoms with Crippen LogP contribution in [0.3, 0.4) is 0 Å². The van der Waals surface area contributed by atoms with Crippen LogP contribution in [-0.4, -0.2) is 39.7 Å². The molecule has 1 unspecified atom stereocenters. The molecule has 1 amide bonds. The molecule has 0 bridgehead atoms. The molecule has 1 fully saturated rings. The van der Waals surface area contributed by atoms with Crippen molar-refractivity contribution in [1.82, 2.24) is 19.9 Å². The second-order valence-corrected chi connectivity index (χ2v) is 6.85. The number of hydrogen-bond acceptors (Lipinski definition) is 4. The molecule has 3 heterocycles. The molecule has 1 saturated heterocycles. The van der Waals surface area contributed by atoms with E-state index in [2.05, 4.69) is 26.8 Å². The van der Waals surface area contributed by atoms with Gasteiger partial charge in [-0.1, -0.05) is 19.1 Å². The second-order valence-electron chi connectivity index (χ2n) is 6.85. The quantitative estimate of drug-likeness (QED) is 0.730. The van der Waals surface area contributed by atoms with Crippen LogP contribution in [0.4, 0.5) is 0 Å². The van der Waals surface area contributed by atoms with Crippen LogP contribution in [0.5, 0.6) is 0 Å². The molecule has 6 heteroatoms. The van der Waals surface area contributed by atoms with Gasteiger partial charge in [-0.2, -0.15) is 0 Å². The summed E-state index contributed by atoms with van der Waals surface area (Å²) in [4.78, 5) is 21.3. The van der Waals surface area contributed by atoms with Crippen molar-refractivity contribution in [3.63, 3.8) is 0 Å². The van der Waals surface area contributed by atoms with E-state index in [9.17, 15) is 4.79 Å². The molecule has 0 aliphatic carbocycles. The Labute approximate surface area is 158 Å². The van der Waals surface area contributed by atoms with Gasteiger partial charge in [-0.05, 0) is 42.7 Å². The van der Waals surface area contributed by atoms with Gasteiger partial charge >= 0.3 is 0 Å². The summed E-state index contributed by atoms with van der Waals surface area (Å²) in [7, 11) is 0. The van der Waals surface area contributed by atoms with Crippen molar-refractivity contribution in [2.45, 2.75) is 38.7 Å². The van der Waals surface area contributed by atoms with E-state index in [0.29, 0.717) is 13.0 Å². The first kappa shape index (κ1) is 17.7. The van der Waals surface area contributed by atoms with Crippen molar-refractivity contribution in [2.24, 2.45) is 0 Å². The predicted octanol–water partition coefficient (Wildman–Crippen LogP) is 2.82. The topological polar surface area (TPSA) is 69.0 Å². The van der Waals surface area contributed by atoms with Gasteiger partial charge in [-0.15, -0.1) is 0 Å². The fourth-order valence-corrected chi connectivity index (χ4v) is 3.51. The number of fused-ring (bicyclic) bond motifs is 1. The number of pyridine rings is 1. The lowest BCUT2D eigenvalue weighted by atomic mass is 10.1. The molecule has 140 valence electrons. The molecule has 1 aromatic carbocycles. The van der Waals surface area contributed by atoms with Gasteiger partial charge < -0.3 is 10.1 Å². The highest BCUT2D eigenvalue weighted by atomic mass is 16.5. The summed E-state index contributed by atoms with van der Waals surface area (Å²) in [6.45, 7) is 3.49. The van der Waals surface area contributed by atoms with Crippen molar-refractivity contribution in [1.29, 1.82) is 0 Å². The lowest BCUT2D eigenvalue weighted by Gasteiger charge is -2.11. The number of hydrogen-bond donors (Lipinski definition) is 1. The number of aryl methyl sites for hydroxylation is 1. The third kappa shape index (κ3) is 3.85. The average molecular weight is 364 g/mol. The zero-order chi connectivity index (χ0) is 18.6. The summed E-state index contributed by atoms with van der Waals surface area (Å²) in [5.41, 5.74) is 3.75. The summed E-state index contributed by atoms with van der Waals surface area (Å²) >= 11 is 0. The monoisotopic (exact) mass is 364 g/mol. The minimum atomic E-state index is 0.0299. The largest absolute Gasteiger partial charge is 0.376 e. The van der Waals surface area contributed by atoms with E-state index in [1.54, 1.807) is 6.20 Å². The van der Waals surface area contributed by atoms with Gasteiger partial charge in [-0.3, -0.25) is 9.36 Å². The maximum absolute atomic E-state index is 12.2. The van der Waals surface area contributed by atoms with Crippen LogP contribution in [0.1, 0.15) is 31.2 Å². The second kappa shape index (κ2) is 7.88. The van der Waals surface area contributed by atoms with Crippen molar-refractivity contribution < 1.29 is 9.53 Å². The summed E-state index contributed by atoms with van der Waals surface area (Å²) in [5, 5.41) is 2.97. The van der Waals surface area contributed by atoms with E-state index in [-0.39, 0.29) is 12.0 Å². The summed E-state index contributed by atoms with van der Waals surface area (Å²) in [5.74, 6) is 1.01. The molecule has 1 N–H and O–H groups in total. The van der Waals surface area contributed by atoms with E-state index in [1.807, 2.05) is 36.4 Å². The van der Waals surface area contributed by atoms with E-state index >= 15 is 0 Å². The van der Waals surface area contributed by atoms with E-state index in [4.69, 9.17) is 4.74 Å². The van der Waals surface area contributed by atoms with Crippen LogP contribution in [0.2, 0.25) is 0 Å². The summed E-state index contributed by atoms with van der Waals surface area (Å²) in [6.07, 6.45) is 5.26. The molecule has 4 rings (SSSR count). The molecular weight excluding hydrogens is 340 g/mol. The van der Waals surface area contributed by atoms with Crippen LogP contribution < -0.4 is 5.32 Å². The first-order valence-electron chi connectivity index (χ1n) is 9.54. The van der Waals surface area contributed by atoms with Gasteiger partial charge in [0, 0.05) is 31.5 Å². The van der Waals surface area contributed by atoms with Crippen LogP contribution >= 0.6 is 0 Å². The molecule has 1 aliphatic heterocycles. The summed E-state index contributed by atoms with van der Waals surface area (Å²) < 4.78 is 7.62. The lowest BCUT2D eigenvalue weighted by molar-refractivity contribution is -0.120. The third-order valence-electron chi connectivity index (χ3n) is 4.91. The Kier molecular flexibility index (Phi) is 5.16. The number of carbonyl (C=O) groups is 1. The Bertz CT molecular complexity index is 927. The van der Waals surface area contributed by atoms with Gasteiger partial charge in [0.2, 0.25) is 5.91 Å². The highest BCUT2D eigenvalue weighted by molar-refractivity contribution is 5.78. The molecule has 27 heavy (non-hydrogen) atoms. The number of imidazole rings is 1. The van der Waals surface area contributed by atoms with Crippen LogP contribution in [-0.2, 0) is 22.4 Å². The Balaban J connectivity index is 1.47. The molecule has 1 aliphatic rings. The Morgan fingerprint density at radius 2 is 2.15 bits per heavy atom. The number of nitrogens with zero attached hydrogens (tertiary/aromatic N) is 3. The minimum Gasteiger partial charge on any atom is -0.376 e. The fraction of sp³-hybridized carbons (Fsp3) is 0.381. The van der Waals surface area contributed by atoms with Crippen molar-refractivity contribution in [3.05, 3.63) is 54.0 Å². The molecule has 1 atom stereocenters. The van der Waals surface area contributed by atoms with Crippen LogP contribution in [0.15, 0.2) is 42.6 Å². The van der Waals surface area contributed by atoms with Gasteiger partial charge in [0.1, 0.15) is 11.3 Å².